The van der Waals surface area contributed by atoms with Crippen LogP contribution in [0, 0.1) is 0 Å². The van der Waals surface area contributed by atoms with Crippen molar-refractivity contribution in [1.82, 2.24) is 5.32 Å². The van der Waals surface area contributed by atoms with Crippen molar-refractivity contribution in [2.24, 2.45) is 0 Å². The van der Waals surface area contributed by atoms with Crippen molar-refractivity contribution in [1.29, 1.82) is 0 Å². The highest BCUT2D eigenvalue weighted by Crippen LogP contribution is 2.26. The highest BCUT2D eigenvalue weighted by atomic mass is 32.2. The van der Waals surface area contributed by atoms with Gasteiger partial charge in [0.25, 0.3) is 0 Å². The van der Waals surface area contributed by atoms with E-state index in [1.807, 2.05) is 30.3 Å². The normalized spacial score (nSPS) is 19.9. The number of rotatable bonds is 5. The molecule has 2 rings (SSSR count). The minimum atomic E-state index is -0.986. The third kappa shape index (κ3) is 3.99. The molecule has 102 valence electrons. The fourth-order valence-corrected chi connectivity index (χ4v) is 3.27. The van der Waals surface area contributed by atoms with Gasteiger partial charge in [-0.2, -0.15) is 0 Å². The lowest BCUT2D eigenvalue weighted by Gasteiger charge is -2.17. The summed E-state index contributed by atoms with van der Waals surface area (Å²) in [5.41, 5.74) is 0.911. The Morgan fingerprint density at radius 2 is 2.11 bits per heavy atom. The largest absolute Gasteiger partial charge is 0.480 e. The molecule has 0 saturated carbocycles. The van der Waals surface area contributed by atoms with E-state index in [1.54, 1.807) is 11.8 Å². The van der Waals surface area contributed by atoms with Gasteiger partial charge in [-0.3, -0.25) is 4.79 Å². The van der Waals surface area contributed by atoms with Crippen molar-refractivity contribution < 1.29 is 14.7 Å². The first kappa shape index (κ1) is 13.9. The maximum absolute atomic E-state index is 12.0. The van der Waals surface area contributed by atoms with Crippen molar-refractivity contribution in [3.05, 3.63) is 35.9 Å². The second-order valence-electron chi connectivity index (χ2n) is 4.59. The highest BCUT2D eigenvalue weighted by molar-refractivity contribution is 8.00. The number of carboxylic acid groups (broad SMARTS) is 1. The topological polar surface area (TPSA) is 66.4 Å². The zero-order chi connectivity index (χ0) is 13.7. The monoisotopic (exact) mass is 279 g/mol. The molecular weight excluding hydrogens is 262 g/mol. The zero-order valence-electron chi connectivity index (χ0n) is 10.5. The summed E-state index contributed by atoms with van der Waals surface area (Å²) in [5, 5.41) is 11.8. The first-order valence-corrected chi connectivity index (χ1v) is 7.40. The smallest absolute Gasteiger partial charge is 0.326 e. The molecule has 1 heterocycles. The standard InChI is InChI=1S/C14H17NO3S/c16-13(12-7-4-8-19-12)15-11(14(17)18)9-10-5-2-1-3-6-10/h1-3,5-6,11-12H,4,7-9H2,(H,15,16)(H,17,18). The van der Waals surface area contributed by atoms with Crippen LogP contribution in [0.4, 0.5) is 0 Å². The number of amides is 1. The second-order valence-corrected chi connectivity index (χ2v) is 5.90. The Morgan fingerprint density at radius 1 is 1.37 bits per heavy atom. The Labute approximate surface area is 116 Å². The molecule has 1 amide bonds. The van der Waals surface area contributed by atoms with Crippen LogP contribution in [0.5, 0.6) is 0 Å². The molecule has 1 saturated heterocycles. The summed E-state index contributed by atoms with van der Waals surface area (Å²) < 4.78 is 0. The van der Waals surface area contributed by atoms with E-state index in [9.17, 15) is 14.7 Å². The van der Waals surface area contributed by atoms with Gasteiger partial charge < -0.3 is 10.4 Å². The second kappa shape index (κ2) is 6.61. The van der Waals surface area contributed by atoms with Gasteiger partial charge >= 0.3 is 5.97 Å². The average molecular weight is 279 g/mol. The predicted molar refractivity (Wildman–Crippen MR) is 75.2 cm³/mol. The maximum Gasteiger partial charge on any atom is 0.326 e. The van der Waals surface area contributed by atoms with Crippen LogP contribution in [-0.4, -0.2) is 34.0 Å². The fraction of sp³-hybridized carbons (Fsp3) is 0.429. The molecule has 0 bridgehead atoms. The molecular formula is C14H17NO3S. The summed E-state index contributed by atoms with van der Waals surface area (Å²) >= 11 is 1.61. The van der Waals surface area contributed by atoms with Gasteiger partial charge in [0.05, 0.1) is 5.25 Å². The van der Waals surface area contributed by atoms with E-state index in [4.69, 9.17) is 0 Å². The fourth-order valence-electron chi connectivity index (χ4n) is 2.10. The number of benzene rings is 1. The summed E-state index contributed by atoms with van der Waals surface area (Å²) in [5.74, 6) is -0.153. The van der Waals surface area contributed by atoms with Crippen molar-refractivity contribution in [3.63, 3.8) is 0 Å². The number of nitrogens with one attached hydrogen (secondary N) is 1. The number of carbonyl (C=O) groups is 2. The van der Waals surface area contributed by atoms with Crippen molar-refractivity contribution in [2.75, 3.05) is 5.75 Å². The molecule has 0 aromatic heterocycles. The summed E-state index contributed by atoms with van der Waals surface area (Å²) in [6.07, 6.45) is 2.19. The molecule has 1 aliphatic heterocycles. The molecule has 1 aliphatic rings. The van der Waals surface area contributed by atoms with Crippen LogP contribution >= 0.6 is 11.8 Å². The summed E-state index contributed by atoms with van der Waals surface area (Å²) in [4.78, 5) is 23.2. The molecule has 1 fully saturated rings. The highest BCUT2D eigenvalue weighted by Gasteiger charge is 2.27. The zero-order valence-corrected chi connectivity index (χ0v) is 11.4. The van der Waals surface area contributed by atoms with Crippen LogP contribution < -0.4 is 5.32 Å². The van der Waals surface area contributed by atoms with Gasteiger partial charge in [-0.1, -0.05) is 30.3 Å². The summed E-state index contributed by atoms with van der Waals surface area (Å²) in [7, 11) is 0. The van der Waals surface area contributed by atoms with E-state index in [0.717, 1.165) is 24.2 Å². The van der Waals surface area contributed by atoms with E-state index >= 15 is 0 Å². The van der Waals surface area contributed by atoms with Crippen molar-refractivity contribution >= 4 is 23.6 Å². The van der Waals surface area contributed by atoms with Gasteiger partial charge in [0.2, 0.25) is 5.91 Å². The quantitative estimate of drug-likeness (QED) is 0.861. The van der Waals surface area contributed by atoms with Crippen LogP contribution in [0.15, 0.2) is 30.3 Å². The van der Waals surface area contributed by atoms with Gasteiger partial charge in [-0.15, -0.1) is 11.8 Å². The van der Waals surface area contributed by atoms with E-state index < -0.39 is 12.0 Å². The lowest BCUT2D eigenvalue weighted by molar-refractivity contribution is -0.141. The Morgan fingerprint density at radius 3 is 2.68 bits per heavy atom. The van der Waals surface area contributed by atoms with Crippen LogP contribution in [-0.2, 0) is 16.0 Å². The van der Waals surface area contributed by atoms with E-state index in [2.05, 4.69) is 5.32 Å². The molecule has 0 aliphatic carbocycles. The number of aliphatic carboxylic acids is 1. The predicted octanol–water partition coefficient (Wildman–Crippen LogP) is 1.69. The molecule has 1 aromatic rings. The van der Waals surface area contributed by atoms with Crippen molar-refractivity contribution in [2.45, 2.75) is 30.6 Å². The SMILES string of the molecule is O=C(O)C(Cc1ccccc1)NC(=O)C1CCCS1. The maximum atomic E-state index is 12.0. The van der Waals surface area contributed by atoms with Gasteiger partial charge in [-0.25, -0.2) is 4.79 Å². The van der Waals surface area contributed by atoms with E-state index in [-0.39, 0.29) is 11.2 Å². The van der Waals surface area contributed by atoms with E-state index in [1.165, 1.54) is 0 Å². The molecule has 2 atom stereocenters. The molecule has 2 N–H and O–H groups in total. The van der Waals surface area contributed by atoms with E-state index in [0.29, 0.717) is 6.42 Å². The van der Waals surface area contributed by atoms with Gasteiger partial charge in [0.1, 0.15) is 6.04 Å². The Bertz CT molecular complexity index is 443. The van der Waals surface area contributed by atoms with Crippen LogP contribution in [0.1, 0.15) is 18.4 Å². The van der Waals surface area contributed by atoms with Crippen LogP contribution in [0.2, 0.25) is 0 Å². The van der Waals surface area contributed by atoms with Gasteiger partial charge in [0, 0.05) is 6.42 Å². The molecule has 1 aromatic carbocycles. The minimum absolute atomic E-state index is 0.0855. The molecule has 4 nitrogen and oxygen atoms in total. The van der Waals surface area contributed by atoms with Crippen LogP contribution in [0.25, 0.3) is 0 Å². The number of hydrogen-bond acceptors (Lipinski definition) is 3. The number of carboxylic acids is 1. The van der Waals surface area contributed by atoms with Gasteiger partial charge in [-0.05, 0) is 24.2 Å². The summed E-state index contributed by atoms with van der Waals surface area (Å²) in [6.45, 7) is 0. The Hall–Kier alpha value is -1.49. The number of thioether (sulfide) groups is 1. The summed E-state index contributed by atoms with van der Waals surface area (Å²) in [6, 6.07) is 8.49. The molecule has 0 radical (unpaired) electrons. The van der Waals surface area contributed by atoms with Crippen molar-refractivity contribution in [3.8, 4) is 0 Å². The molecule has 19 heavy (non-hydrogen) atoms. The third-order valence-electron chi connectivity index (χ3n) is 3.12. The minimum Gasteiger partial charge on any atom is -0.480 e. The molecule has 5 heteroatoms. The first-order valence-electron chi connectivity index (χ1n) is 6.35. The third-order valence-corrected chi connectivity index (χ3v) is 4.50. The average Bonchev–Trinajstić information content (AvgIpc) is 2.93. The molecule has 0 spiro atoms. The lowest BCUT2D eigenvalue weighted by atomic mass is 10.1. The molecule has 2 unspecified atom stereocenters. The van der Waals surface area contributed by atoms with Gasteiger partial charge in [0.15, 0.2) is 0 Å². The lowest BCUT2D eigenvalue weighted by Crippen LogP contribution is -2.45. The first-order chi connectivity index (χ1) is 9.16. The number of carbonyl (C=O) groups excluding carboxylic acids is 1. The Balaban J connectivity index is 1.96. The van der Waals surface area contributed by atoms with Crippen LogP contribution in [0.3, 0.4) is 0 Å². The Kier molecular flexibility index (Phi) is 4.85. The number of hydrogen-bond donors (Lipinski definition) is 2.